The average Bonchev–Trinajstić information content (AvgIpc) is 2.74. The van der Waals surface area contributed by atoms with Crippen molar-refractivity contribution in [2.75, 3.05) is 17.2 Å². The van der Waals surface area contributed by atoms with Crippen LogP contribution >= 0.6 is 0 Å². The maximum absolute atomic E-state index is 11.9. The van der Waals surface area contributed by atoms with Gasteiger partial charge < -0.3 is 20.8 Å². The SMILES string of the molecule is Cc1c(N)cc(C(=O)O)cc1N1CC(C(=O)O)CC1=O. The Bertz CT molecular complexity index is 611. The molecule has 1 atom stereocenters. The third-order valence-electron chi connectivity index (χ3n) is 3.43. The predicted octanol–water partition coefficient (Wildman–Crippen LogP) is 0.713. The molecule has 0 aromatic heterocycles. The number of carboxylic acids is 2. The number of carboxylic acid groups (broad SMARTS) is 2. The normalized spacial score (nSPS) is 18.4. The number of amides is 1. The van der Waals surface area contributed by atoms with E-state index in [4.69, 9.17) is 15.9 Å². The molecule has 7 nitrogen and oxygen atoms in total. The van der Waals surface area contributed by atoms with Crippen LogP contribution in [0.5, 0.6) is 0 Å². The molecular formula is C13H14N2O5. The van der Waals surface area contributed by atoms with Gasteiger partial charge in [-0.1, -0.05) is 0 Å². The maximum Gasteiger partial charge on any atom is 0.335 e. The Balaban J connectivity index is 2.45. The van der Waals surface area contributed by atoms with E-state index in [1.54, 1.807) is 6.92 Å². The van der Waals surface area contributed by atoms with Crippen LogP contribution in [0.3, 0.4) is 0 Å². The molecule has 2 rings (SSSR count). The molecule has 1 unspecified atom stereocenters. The molecule has 4 N–H and O–H groups in total. The largest absolute Gasteiger partial charge is 0.481 e. The van der Waals surface area contributed by atoms with Crippen LogP contribution in [0.15, 0.2) is 12.1 Å². The van der Waals surface area contributed by atoms with Crippen molar-refractivity contribution < 1.29 is 24.6 Å². The van der Waals surface area contributed by atoms with Gasteiger partial charge in [0, 0.05) is 24.3 Å². The van der Waals surface area contributed by atoms with Gasteiger partial charge in [0.1, 0.15) is 0 Å². The molecule has 1 aromatic carbocycles. The van der Waals surface area contributed by atoms with Gasteiger partial charge in [-0.15, -0.1) is 0 Å². The van der Waals surface area contributed by atoms with Gasteiger partial charge in [-0.05, 0) is 24.6 Å². The molecule has 1 amide bonds. The number of nitrogens with zero attached hydrogens (tertiary/aromatic N) is 1. The average molecular weight is 278 g/mol. The van der Waals surface area contributed by atoms with Crippen molar-refractivity contribution in [2.24, 2.45) is 5.92 Å². The minimum Gasteiger partial charge on any atom is -0.481 e. The number of benzene rings is 1. The molecule has 0 spiro atoms. The zero-order valence-corrected chi connectivity index (χ0v) is 10.8. The van der Waals surface area contributed by atoms with Gasteiger partial charge in [0.25, 0.3) is 0 Å². The lowest BCUT2D eigenvalue weighted by Crippen LogP contribution is -2.27. The molecule has 7 heteroatoms. The molecule has 0 radical (unpaired) electrons. The second-order valence-corrected chi connectivity index (χ2v) is 4.76. The number of anilines is 2. The van der Waals surface area contributed by atoms with Crippen molar-refractivity contribution in [1.82, 2.24) is 0 Å². The highest BCUT2D eigenvalue weighted by Gasteiger charge is 2.36. The lowest BCUT2D eigenvalue weighted by Gasteiger charge is -2.20. The highest BCUT2D eigenvalue weighted by Crippen LogP contribution is 2.32. The molecule has 20 heavy (non-hydrogen) atoms. The van der Waals surface area contributed by atoms with E-state index in [9.17, 15) is 14.4 Å². The Kier molecular flexibility index (Phi) is 3.35. The third-order valence-corrected chi connectivity index (χ3v) is 3.43. The molecular weight excluding hydrogens is 264 g/mol. The first-order chi connectivity index (χ1) is 9.31. The summed E-state index contributed by atoms with van der Waals surface area (Å²) in [6.07, 6.45) is -0.0913. The van der Waals surface area contributed by atoms with Crippen LogP contribution in [0.25, 0.3) is 0 Å². The summed E-state index contributed by atoms with van der Waals surface area (Å²) in [7, 11) is 0. The first-order valence-corrected chi connectivity index (χ1v) is 5.98. The minimum atomic E-state index is -1.15. The Labute approximate surface area is 114 Å². The van der Waals surface area contributed by atoms with Crippen LogP contribution in [-0.4, -0.2) is 34.6 Å². The quantitative estimate of drug-likeness (QED) is 0.700. The van der Waals surface area contributed by atoms with Gasteiger partial charge in [-0.25, -0.2) is 4.79 Å². The van der Waals surface area contributed by atoms with E-state index >= 15 is 0 Å². The zero-order chi connectivity index (χ0) is 15.0. The summed E-state index contributed by atoms with van der Waals surface area (Å²) in [6.45, 7) is 1.69. The highest BCUT2D eigenvalue weighted by atomic mass is 16.4. The molecule has 1 heterocycles. The van der Waals surface area contributed by atoms with Crippen LogP contribution < -0.4 is 10.6 Å². The van der Waals surface area contributed by atoms with E-state index in [0.29, 0.717) is 11.3 Å². The first kappa shape index (κ1) is 13.9. The van der Waals surface area contributed by atoms with E-state index < -0.39 is 17.9 Å². The van der Waals surface area contributed by atoms with Crippen LogP contribution in [-0.2, 0) is 9.59 Å². The van der Waals surface area contributed by atoms with Crippen LogP contribution in [0, 0.1) is 12.8 Å². The number of carbonyl (C=O) groups excluding carboxylic acids is 1. The fraction of sp³-hybridized carbons (Fsp3) is 0.308. The monoisotopic (exact) mass is 278 g/mol. The lowest BCUT2D eigenvalue weighted by molar-refractivity contribution is -0.141. The van der Waals surface area contributed by atoms with Crippen LogP contribution in [0.4, 0.5) is 11.4 Å². The lowest BCUT2D eigenvalue weighted by atomic mass is 10.1. The van der Waals surface area contributed by atoms with Gasteiger partial charge in [0.05, 0.1) is 11.5 Å². The van der Waals surface area contributed by atoms with Gasteiger partial charge in [-0.2, -0.15) is 0 Å². The fourth-order valence-electron chi connectivity index (χ4n) is 2.23. The van der Waals surface area contributed by atoms with Gasteiger partial charge >= 0.3 is 11.9 Å². The minimum absolute atomic E-state index is 0.0253. The first-order valence-electron chi connectivity index (χ1n) is 5.98. The van der Waals surface area contributed by atoms with Crippen LogP contribution in [0.1, 0.15) is 22.3 Å². The second kappa shape index (κ2) is 4.84. The summed E-state index contributed by atoms with van der Waals surface area (Å²) in [6, 6.07) is 2.66. The number of aromatic carboxylic acids is 1. The van der Waals surface area contributed by atoms with Crippen molar-refractivity contribution in [3.05, 3.63) is 23.3 Å². The molecule has 0 bridgehead atoms. The summed E-state index contributed by atoms with van der Waals surface area (Å²) in [5.74, 6) is -3.32. The van der Waals surface area contributed by atoms with Crippen molar-refractivity contribution in [1.29, 1.82) is 0 Å². The van der Waals surface area contributed by atoms with Gasteiger partial charge in [0.15, 0.2) is 0 Å². The number of hydrogen-bond acceptors (Lipinski definition) is 4. The maximum atomic E-state index is 11.9. The summed E-state index contributed by atoms with van der Waals surface area (Å²) in [5, 5.41) is 18.0. The molecule has 1 fully saturated rings. The Hall–Kier alpha value is -2.57. The van der Waals surface area contributed by atoms with Crippen molar-refractivity contribution in [3.63, 3.8) is 0 Å². The number of rotatable bonds is 3. The number of nitrogen functional groups attached to an aromatic ring is 1. The van der Waals surface area contributed by atoms with E-state index in [-0.39, 0.29) is 30.1 Å². The molecule has 0 aliphatic carbocycles. The summed E-state index contributed by atoms with van der Waals surface area (Å²) in [4.78, 5) is 35.2. The number of carbonyl (C=O) groups is 3. The summed E-state index contributed by atoms with van der Waals surface area (Å²) in [5.41, 5.74) is 6.89. The predicted molar refractivity (Wildman–Crippen MR) is 70.6 cm³/mol. The summed E-state index contributed by atoms with van der Waals surface area (Å²) >= 11 is 0. The zero-order valence-electron chi connectivity index (χ0n) is 10.8. The number of nitrogens with two attached hydrogens (primary N) is 1. The van der Waals surface area contributed by atoms with Crippen molar-refractivity contribution in [3.8, 4) is 0 Å². The smallest absolute Gasteiger partial charge is 0.335 e. The van der Waals surface area contributed by atoms with E-state index in [0.717, 1.165) is 0 Å². The standard InChI is InChI=1S/C13H14N2O5/c1-6-9(14)2-7(12(17)18)3-10(6)15-5-8(13(19)20)4-11(15)16/h2-3,8H,4-5,14H2,1H3,(H,17,18)(H,19,20). The molecule has 1 saturated heterocycles. The molecule has 0 saturated carbocycles. The fourth-order valence-corrected chi connectivity index (χ4v) is 2.23. The van der Waals surface area contributed by atoms with Crippen molar-refractivity contribution in [2.45, 2.75) is 13.3 Å². The van der Waals surface area contributed by atoms with E-state index in [1.165, 1.54) is 17.0 Å². The molecule has 1 aromatic rings. The Morgan fingerprint density at radius 1 is 1.35 bits per heavy atom. The second-order valence-electron chi connectivity index (χ2n) is 4.76. The Morgan fingerprint density at radius 2 is 2.00 bits per heavy atom. The summed E-state index contributed by atoms with van der Waals surface area (Å²) < 4.78 is 0. The highest BCUT2D eigenvalue weighted by molar-refractivity contribution is 6.01. The molecule has 1 aliphatic rings. The topological polar surface area (TPSA) is 121 Å². The van der Waals surface area contributed by atoms with Gasteiger partial charge in [0.2, 0.25) is 5.91 Å². The Morgan fingerprint density at radius 3 is 2.50 bits per heavy atom. The van der Waals surface area contributed by atoms with E-state index in [2.05, 4.69) is 0 Å². The van der Waals surface area contributed by atoms with Crippen molar-refractivity contribution >= 4 is 29.2 Å². The number of aliphatic carboxylic acids is 1. The third kappa shape index (κ3) is 2.29. The van der Waals surface area contributed by atoms with Crippen LogP contribution in [0.2, 0.25) is 0 Å². The number of hydrogen-bond donors (Lipinski definition) is 3. The van der Waals surface area contributed by atoms with Gasteiger partial charge in [-0.3, -0.25) is 9.59 Å². The molecule has 106 valence electrons. The molecule has 1 aliphatic heterocycles. The van der Waals surface area contributed by atoms with E-state index in [1.807, 2.05) is 0 Å².